The number of hydrogen-bond acceptors (Lipinski definition) is 4. The third kappa shape index (κ3) is 7.96. The summed E-state index contributed by atoms with van der Waals surface area (Å²) in [7, 11) is -0.852. The fourth-order valence-electron chi connectivity index (χ4n) is 1.15. The maximum atomic E-state index is 12.2. The lowest BCUT2D eigenvalue weighted by Gasteiger charge is -2.11. The van der Waals surface area contributed by atoms with Gasteiger partial charge in [-0.2, -0.15) is 31.3 Å². The second-order valence-corrected chi connectivity index (χ2v) is 5.19. The van der Waals surface area contributed by atoms with Crippen LogP contribution in [-0.4, -0.2) is 41.0 Å². The second kappa shape index (κ2) is 7.08. The molecule has 22 heavy (non-hydrogen) atoms. The topological polar surface area (TPSA) is 64.1 Å². The van der Waals surface area contributed by atoms with Crippen molar-refractivity contribution in [2.45, 2.75) is 19.3 Å². The summed E-state index contributed by atoms with van der Waals surface area (Å²) in [6.07, 6.45) is -10.3. The molecule has 1 rings (SSSR count). The Labute approximate surface area is 122 Å². The standard InChI is InChI=1S/C10H10F6N3O2P/c1-5(20)17-8-18-6(21-3-9(11,12)13)2-7(19-8)22-4-10(14,15)16/h2,22H,3-4H2,1H3,(H,17,18,19,20). The van der Waals surface area contributed by atoms with E-state index in [2.05, 4.69) is 20.0 Å². The van der Waals surface area contributed by atoms with E-state index in [0.29, 0.717) is 0 Å². The van der Waals surface area contributed by atoms with Gasteiger partial charge in [-0.15, -0.1) is 0 Å². The maximum absolute atomic E-state index is 12.2. The van der Waals surface area contributed by atoms with E-state index in [4.69, 9.17) is 0 Å². The van der Waals surface area contributed by atoms with Crippen molar-refractivity contribution < 1.29 is 35.9 Å². The number of carbonyl (C=O) groups is 1. The number of amides is 1. The third-order valence-electron chi connectivity index (χ3n) is 1.84. The molecule has 5 nitrogen and oxygen atoms in total. The summed E-state index contributed by atoms with van der Waals surface area (Å²) >= 11 is 0. The Kier molecular flexibility index (Phi) is 5.92. The Bertz CT molecular complexity index is 498. The van der Waals surface area contributed by atoms with Gasteiger partial charge in [0.05, 0.1) is 11.6 Å². The number of carbonyl (C=O) groups excluding carboxylic acids is 1. The molecule has 1 unspecified atom stereocenters. The van der Waals surface area contributed by atoms with Crippen LogP contribution in [0, 0.1) is 0 Å². The molecule has 1 amide bonds. The fourth-order valence-corrected chi connectivity index (χ4v) is 1.94. The largest absolute Gasteiger partial charge is 0.468 e. The van der Waals surface area contributed by atoms with Gasteiger partial charge in [-0.1, -0.05) is 8.58 Å². The van der Waals surface area contributed by atoms with Crippen LogP contribution in [0.2, 0.25) is 0 Å². The Balaban J connectivity index is 2.92. The van der Waals surface area contributed by atoms with Gasteiger partial charge in [0.1, 0.15) is 0 Å². The van der Waals surface area contributed by atoms with Crippen LogP contribution >= 0.6 is 8.58 Å². The highest BCUT2D eigenvalue weighted by Gasteiger charge is 2.29. The van der Waals surface area contributed by atoms with E-state index >= 15 is 0 Å². The van der Waals surface area contributed by atoms with Crippen LogP contribution in [0.4, 0.5) is 32.3 Å². The number of nitrogens with zero attached hydrogens (tertiary/aromatic N) is 2. The van der Waals surface area contributed by atoms with E-state index < -0.39 is 51.4 Å². The van der Waals surface area contributed by atoms with Crippen molar-refractivity contribution >= 4 is 25.9 Å². The van der Waals surface area contributed by atoms with E-state index in [0.717, 1.165) is 13.0 Å². The van der Waals surface area contributed by atoms with E-state index in [1.807, 2.05) is 0 Å². The summed E-state index contributed by atoms with van der Waals surface area (Å²) in [5.41, 5.74) is -0.173. The Morgan fingerprint density at radius 3 is 2.36 bits per heavy atom. The molecule has 0 spiro atoms. The molecule has 0 bridgehead atoms. The molecular weight excluding hydrogens is 339 g/mol. The molecule has 1 N–H and O–H groups in total. The SMILES string of the molecule is CC(=O)Nc1nc(OCC(F)(F)F)cc(PCC(F)(F)F)n1. The van der Waals surface area contributed by atoms with Crippen LogP contribution in [-0.2, 0) is 4.79 Å². The third-order valence-corrected chi connectivity index (χ3v) is 3.04. The van der Waals surface area contributed by atoms with Gasteiger partial charge in [0, 0.05) is 13.0 Å². The molecule has 0 fully saturated rings. The van der Waals surface area contributed by atoms with E-state index in [1.165, 1.54) is 0 Å². The zero-order chi connectivity index (χ0) is 17.0. The van der Waals surface area contributed by atoms with Crippen molar-refractivity contribution in [3.05, 3.63) is 6.07 Å². The lowest BCUT2D eigenvalue weighted by atomic mass is 10.6. The summed E-state index contributed by atoms with van der Waals surface area (Å²) in [6, 6.07) is 0.876. The average Bonchev–Trinajstić information content (AvgIpc) is 2.31. The smallest absolute Gasteiger partial charge is 0.422 e. The van der Waals surface area contributed by atoms with Crippen molar-refractivity contribution in [3.63, 3.8) is 0 Å². The predicted molar refractivity (Wildman–Crippen MR) is 66.8 cm³/mol. The number of halogens is 6. The van der Waals surface area contributed by atoms with Crippen molar-refractivity contribution in [1.29, 1.82) is 0 Å². The van der Waals surface area contributed by atoms with E-state index in [1.54, 1.807) is 0 Å². The molecule has 1 heterocycles. The molecule has 0 aromatic carbocycles. The molecule has 1 atom stereocenters. The van der Waals surface area contributed by atoms with Gasteiger partial charge in [0.25, 0.3) is 0 Å². The minimum Gasteiger partial charge on any atom is -0.468 e. The Hall–Kier alpha value is -1.64. The minimum atomic E-state index is -4.63. The summed E-state index contributed by atoms with van der Waals surface area (Å²) in [4.78, 5) is 18.0. The van der Waals surface area contributed by atoms with Crippen LogP contribution in [0.3, 0.4) is 0 Å². The number of hydrogen-bond donors (Lipinski definition) is 1. The average molecular weight is 349 g/mol. The van der Waals surface area contributed by atoms with Gasteiger partial charge >= 0.3 is 12.4 Å². The molecular formula is C10H10F6N3O2P. The highest BCUT2D eigenvalue weighted by atomic mass is 31.1. The molecule has 1 aromatic rings. The molecule has 124 valence electrons. The Morgan fingerprint density at radius 2 is 1.86 bits per heavy atom. The number of ether oxygens (including phenoxy) is 1. The normalized spacial score (nSPS) is 12.7. The summed E-state index contributed by atoms with van der Waals surface area (Å²) in [5.74, 6) is -1.62. The second-order valence-electron chi connectivity index (χ2n) is 3.97. The molecule has 0 saturated carbocycles. The maximum Gasteiger partial charge on any atom is 0.422 e. The quantitative estimate of drug-likeness (QED) is 0.654. The van der Waals surface area contributed by atoms with Gasteiger partial charge in [0.15, 0.2) is 6.61 Å². The van der Waals surface area contributed by atoms with Crippen molar-refractivity contribution in [1.82, 2.24) is 9.97 Å². The first-order valence-corrected chi connectivity index (χ1v) is 6.82. The lowest BCUT2D eigenvalue weighted by Crippen LogP contribution is -2.22. The van der Waals surface area contributed by atoms with Crippen LogP contribution in [0.5, 0.6) is 5.88 Å². The molecule has 0 aliphatic carbocycles. The first kappa shape index (κ1) is 18.4. The van der Waals surface area contributed by atoms with Gasteiger partial charge in [-0.3, -0.25) is 10.1 Å². The van der Waals surface area contributed by atoms with E-state index in [9.17, 15) is 31.1 Å². The predicted octanol–water partition coefficient (Wildman–Crippen LogP) is 2.24. The van der Waals surface area contributed by atoms with Gasteiger partial charge in [-0.05, 0) is 0 Å². The van der Waals surface area contributed by atoms with Crippen LogP contribution in [0.1, 0.15) is 6.92 Å². The molecule has 0 saturated heterocycles. The molecule has 0 radical (unpaired) electrons. The van der Waals surface area contributed by atoms with Crippen molar-refractivity contribution in [2.24, 2.45) is 0 Å². The monoisotopic (exact) mass is 349 g/mol. The summed E-state index contributed by atoms with van der Waals surface area (Å²) in [6.45, 7) is -0.574. The summed E-state index contributed by atoms with van der Waals surface area (Å²) in [5, 5.41) is 2.08. The van der Waals surface area contributed by atoms with Crippen molar-refractivity contribution in [2.75, 3.05) is 18.1 Å². The number of nitrogens with one attached hydrogen (secondary N) is 1. The van der Waals surface area contributed by atoms with Crippen LogP contribution in [0.25, 0.3) is 0 Å². The zero-order valence-electron chi connectivity index (χ0n) is 11.0. The van der Waals surface area contributed by atoms with Crippen LogP contribution in [0.15, 0.2) is 6.07 Å². The number of aromatic nitrogens is 2. The van der Waals surface area contributed by atoms with Crippen LogP contribution < -0.4 is 15.5 Å². The molecule has 12 heteroatoms. The fraction of sp³-hybridized carbons (Fsp3) is 0.500. The van der Waals surface area contributed by atoms with Gasteiger partial charge in [-0.25, -0.2) is 4.98 Å². The molecule has 0 aliphatic rings. The summed E-state index contributed by atoms with van der Waals surface area (Å²) < 4.78 is 77.1. The van der Waals surface area contributed by atoms with Gasteiger partial charge in [0.2, 0.25) is 17.7 Å². The van der Waals surface area contributed by atoms with E-state index in [-0.39, 0.29) is 5.44 Å². The highest BCUT2D eigenvalue weighted by Crippen LogP contribution is 2.26. The first-order chi connectivity index (χ1) is 9.94. The minimum absolute atomic E-state index is 0.173. The number of alkyl halides is 6. The van der Waals surface area contributed by atoms with Gasteiger partial charge < -0.3 is 4.74 Å². The molecule has 0 aliphatic heterocycles. The molecule has 1 aromatic heterocycles. The van der Waals surface area contributed by atoms with Crippen molar-refractivity contribution in [3.8, 4) is 5.88 Å². The Morgan fingerprint density at radius 1 is 1.23 bits per heavy atom. The number of rotatable bonds is 5. The first-order valence-electron chi connectivity index (χ1n) is 5.61. The zero-order valence-corrected chi connectivity index (χ0v) is 12.0. The lowest BCUT2D eigenvalue weighted by molar-refractivity contribution is -0.154. The number of anilines is 1. The highest BCUT2D eigenvalue weighted by molar-refractivity contribution is 7.46.